The lowest BCUT2D eigenvalue weighted by Gasteiger charge is -2.66. The van der Waals surface area contributed by atoms with Gasteiger partial charge in [-0.2, -0.15) is 0 Å². The molecule has 11 rings (SSSR count). The SMILES string of the molecule is CC12CC3CC(C)(C1)CC(c1cc(C45CC6CC(C)(CC(C)(C6)C4)C5)c(Oc4ccc(C(=O)O)cc4)cc1Oc1ccc(C(=O)O)cc1)(C3)C2.Cl.Cl. The number of hydrogen-bond donors (Lipinski definition) is 2. The number of ether oxygens (including phenoxy) is 2. The lowest BCUT2D eigenvalue weighted by atomic mass is 9.38. The third kappa shape index (κ3) is 6.10. The van der Waals surface area contributed by atoms with Crippen LogP contribution < -0.4 is 9.47 Å². The zero-order valence-electron chi connectivity index (χ0n) is 30.8. The van der Waals surface area contributed by atoms with Crippen molar-refractivity contribution in [3.63, 3.8) is 0 Å². The molecule has 8 fully saturated rings. The zero-order valence-corrected chi connectivity index (χ0v) is 32.4. The van der Waals surface area contributed by atoms with Gasteiger partial charge in [0.25, 0.3) is 0 Å². The van der Waals surface area contributed by atoms with Gasteiger partial charge in [-0.15, -0.1) is 24.8 Å². The number of rotatable bonds is 8. The van der Waals surface area contributed by atoms with Crippen molar-refractivity contribution in [2.24, 2.45) is 33.5 Å². The van der Waals surface area contributed by atoms with Crippen molar-refractivity contribution in [1.82, 2.24) is 0 Å². The van der Waals surface area contributed by atoms with Crippen molar-refractivity contribution < 1.29 is 29.3 Å². The highest BCUT2D eigenvalue weighted by Crippen LogP contribution is 2.73. The van der Waals surface area contributed by atoms with E-state index in [0.717, 1.165) is 37.2 Å². The fourth-order valence-electron chi connectivity index (χ4n) is 14.6. The third-order valence-corrected chi connectivity index (χ3v) is 14.1. The summed E-state index contributed by atoms with van der Waals surface area (Å²) in [6, 6.07) is 18.1. The fourth-order valence-corrected chi connectivity index (χ4v) is 14.6. The molecule has 8 aliphatic rings. The second-order valence-electron chi connectivity index (χ2n) is 19.5. The molecule has 8 heteroatoms. The molecule has 8 bridgehead atoms. The molecule has 0 amide bonds. The van der Waals surface area contributed by atoms with Crippen LogP contribution in [0, 0.1) is 33.5 Å². The third-order valence-electron chi connectivity index (χ3n) is 14.1. The largest absolute Gasteiger partial charge is 0.478 e. The van der Waals surface area contributed by atoms with Crippen LogP contribution in [-0.4, -0.2) is 22.2 Å². The van der Waals surface area contributed by atoms with Crippen LogP contribution in [0.4, 0.5) is 0 Å². The summed E-state index contributed by atoms with van der Waals surface area (Å²) in [6.07, 6.45) is 14.8. The maximum absolute atomic E-state index is 11.7. The van der Waals surface area contributed by atoms with Crippen LogP contribution in [0.3, 0.4) is 0 Å². The predicted molar refractivity (Wildman–Crippen MR) is 206 cm³/mol. The number of carboxylic acid groups (broad SMARTS) is 2. The Hall–Kier alpha value is -3.22. The van der Waals surface area contributed by atoms with E-state index in [0.29, 0.717) is 45.0 Å². The van der Waals surface area contributed by atoms with E-state index in [1.807, 2.05) is 0 Å². The second kappa shape index (κ2) is 12.1. The van der Waals surface area contributed by atoms with Gasteiger partial charge in [-0.1, -0.05) is 27.7 Å². The lowest BCUT2D eigenvalue weighted by Crippen LogP contribution is -2.57. The molecular weight excluding hydrogens is 695 g/mol. The summed E-state index contributed by atoms with van der Waals surface area (Å²) in [6.45, 7) is 10.1. The average molecular weight is 748 g/mol. The molecule has 52 heavy (non-hydrogen) atoms. The van der Waals surface area contributed by atoms with E-state index in [2.05, 4.69) is 39.8 Å². The summed E-state index contributed by atoms with van der Waals surface area (Å²) in [5.41, 5.74) is 4.26. The highest BCUT2D eigenvalue weighted by molar-refractivity contribution is 5.88. The molecule has 278 valence electrons. The summed E-state index contributed by atoms with van der Waals surface area (Å²) in [4.78, 5) is 23.4. The van der Waals surface area contributed by atoms with E-state index in [1.54, 1.807) is 48.5 Å². The smallest absolute Gasteiger partial charge is 0.335 e. The summed E-state index contributed by atoms with van der Waals surface area (Å²) in [5.74, 6) is 2.30. The maximum Gasteiger partial charge on any atom is 0.335 e. The Kier molecular flexibility index (Phi) is 8.67. The van der Waals surface area contributed by atoms with Crippen molar-refractivity contribution in [2.75, 3.05) is 0 Å². The standard InChI is InChI=1S/C44H50O6.2ClH/c1-39-15-27-16-40(2,21-39)24-43(19-27,23-39)33-13-34(44-20-28-17-41(3,25-44)22-42(4,18-28)26-44)36(50-32-11-7-30(8-12-32)38(47)48)14-35(33)49-31-9-5-29(6-10-31)37(45)46;;/h5-14,27-28H,15-26H2,1-4H3,(H,45,46)(H,47,48);2*1H. The molecular formula is C44H52Cl2O6. The molecule has 8 saturated carbocycles. The number of carboxylic acids is 2. The Balaban J connectivity index is 0.00000210. The molecule has 4 atom stereocenters. The van der Waals surface area contributed by atoms with Gasteiger partial charge in [0.05, 0.1) is 11.1 Å². The Labute approximate surface area is 319 Å². The van der Waals surface area contributed by atoms with E-state index >= 15 is 0 Å². The van der Waals surface area contributed by atoms with Crippen molar-refractivity contribution in [2.45, 2.75) is 116 Å². The van der Waals surface area contributed by atoms with E-state index in [-0.39, 0.29) is 46.8 Å². The van der Waals surface area contributed by atoms with Gasteiger partial charge in [-0.05, 0) is 165 Å². The van der Waals surface area contributed by atoms with Crippen LogP contribution in [0.1, 0.15) is 137 Å². The van der Waals surface area contributed by atoms with Crippen LogP contribution >= 0.6 is 24.8 Å². The predicted octanol–water partition coefficient (Wildman–Crippen LogP) is 12.0. The number of aromatic carboxylic acids is 2. The highest BCUT2D eigenvalue weighted by Gasteiger charge is 2.63. The molecule has 6 nitrogen and oxygen atoms in total. The topological polar surface area (TPSA) is 93.1 Å². The van der Waals surface area contributed by atoms with E-state index in [1.165, 1.54) is 62.5 Å². The van der Waals surface area contributed by atoms with Gasteiger partial charge in [0.15, 0.2) is 0 Å². The van der Waals surface area contributed by atoms with Crippen LogP contribution in [0.25, 0.3) is 0 Å². The molecule has 3 aromatic carbocycles. The molecule has 0 aliphatic heterocycles. The van der Waals surface area contributed by atoms with Crippen molar-refractivity contribution in [3.8, 4) is 23.0 Å². The number of benzene rings is 3. The quantitative estimate of drug-likeness (QED) is 0.238. The summed E-state index contributed by atoms with van der Waals surface area (Å²) >= 11 is 0. The Bertz CT molecular complexity index is 1750. The monoisotopic (exact) mass is 746 g/mol. The average Bonchev–Trinajstić information content (AvgIpc) is 2.98. The number of carbonyl (C=O) groups is 2. The summed E-state index contributed by atoms with van der Waals surface area (Å²) < 4.78 is 13.8. The molecule has 0 aromatic heterocycles. The van der Waals surface area contributed by atoms with Crippen molar-refractivity contribution in [1.29, 1.82) is 0 Å². The second-order valence-corrected chi connectivity index (χ2v) is 19.5. The first-order chi connectivity index (χ1) is 23.6. The fraction of sp³-hybridized carbons (Fsp3) is 0.545. The first-order valence-electron chi connectivity index (χ1n) is 18.8. The maximum atomic E-state index is 11.7. The number of hydrogen-bond acceptors (Lipinski definition) is 4. The van der Waals surface area contributed by atoms with Crippen LogP contribution in [0.2, 0.25) is 0 Å². The molecule has 2 N–H and O–H groups in total. The van der Waals surface area contributed by atoms with Gasteiger partial charge in [-0.25, -0.2) is 9.59 Å². The van der Waals surface area contributed by atoms with Crippen molar-refractivity contribution in [3.05, 3.63) is 82.9 Å². The molecule has 3 aromatic rings. The van der Waals surface area contributed by atoms with E-state index in [9.17, 15) is 19.8 Å². The molecule has 4 unspecified atom stereocenters. The molecule has 0 saturated heterocycles. The minimum Gasteiger partial charge on any atom is -0.478 e. The summed E-state index contributed by atoms with van der Waals surface area (Å²) in [7, 11) is 0. The van der Waals surface area contributed by atoms with Gasteiger partial charge in [0.2, 0.25) is 0 Å². The first kappa shape index (κ1) is 37.1. The van der Waals surface area contributed by atoms with Crippen LogP contribution in [0.15, 0.2) is 60.7 Å². The molecule has 8 aliphatic carbocycles. The summed E-state index contributed by atoms with van der Waals surface area (Å²) in [5, 5.41) is 19.1. The minimum atomic E-state index is -0.959. The Morgan fingerprint density at radius 2 is 0.846 bits per heavy atom. The Morgan fingerprint density at radius 1 is 0.519 bits per heavy atom. The highest BCUT2D eigenvalue weighted by atomic mass is 35.5. The number of halogens is 2. The van der Waals surface area contributed by atoms with Gasteiger partial charge in [-0.3, -0.25) is 0 Å². The lowest BCUT2D eigenvalue weighted by molar-refractivity contribution is -0.112. The van der Waals surface area contributed by atoms with Gasteiger partial charge < -0.3 is 19.7 Å². The van der Waals surface area contributed by atoms with Crippen LogP contribution in [0.5, 0.6) is 23.0 Å². The first-order valence-corrected chi connectivity index (χ1v) is 18.8. The van der Waals surface area contributed by atoms with E-state index in [4.69, 9.17) is 9.47 Å². The Morgan fingerprint density at radius 3 is 1.13 bits per heavy atom. The zero-order chi connectivity index (χ0) is 34.9. The van der Waals surface area contributed by atoms with Gasteiger partial charge >= 0.3 is 11.9 Å². The van der Waals surface area contributed by atoms with Gasteiger partial charge in [0, 0.05) is 28.0 Å². The minimum absolute atomic E-state index is 0. The van der Waals surface area contributed by atoms with Crippen LogP contribution in [-0.2, 0) is 10.8 Å². The van der Waals surface area contributed by atoms with Crippen molar-refractivity contribution >= 4 is 36.8 Å². The normalized spacial score (nSPS) is 37.5. The van der Waals surface area contributed by atoms with Gasteiger partial charge in [0.1, 0.15) is 23.0 Å². The molecule has 0 spiro atoms. The molecule has 0 heterocycles. The van der Waals surface area contributed by atoms with E-state index < -0.39 is 11.9 Å². The molecule has 0 radical (unpaired) electrons.